The van der Waals surface area contributed by atoms with E-state index in [0.717, 1.165) is 122 Å². The van der Waals surface area contributed by atoms with E-state index in [1.54, 1.807) is 0 Å². The molecule has 82 heavy (non-hydrogen) atoms. The van der Waals surface area contributed by atoms with Gasteiger partial charge in [-0.25, -0.2) is 0 Å². The summed E-state index contributed by atoms with van der Waals surface area (Å²) in [4.78, 5) is 38.3. The van der Waals surface area contributed by atoms with Gasteiger partial charge in [-0.2, -0.15) is 0 Å². The SMILES string of the molecule is CC/C=C\C/C=C\C/C=C\C/C=C\C/C=C\C/C=C\C/C=C\CCCCCCCCCCCCCCCC(=O)OCC(COC(=O)CCCCCCC/C=C\CCCCCCC)OC(=O)CCCCCCC/C=C\CCCCCCCC. The molecule has 0 rings (SSSR count). The summed E-state index contributed by atoms with van der Waals surface area (Å²) >= 11 is 0. The van der Waals surface area contributed by atoms with E-state index in [2.05, 4.69) is 130 Å². The van der Waals surface area contributed by atoms with Crippen LogP contribution in [0.25, 0.3) is 0 Å². The van der Waals surface area contributed by atoms with Crippen molar-refractivity contribution in [1.82, 2.24) is 0 Å². The van der Waals surface area contributed by atoms with Crippen molar-refractivity contribution in [1.29, 1.82) is 0 Å². The standard InChI is InChI=1S/C76H130O6/c1-4-7-10-13-16-19-22-25-28-29-30-31-32-33-34-35-36-37-38-39-40-41-42-43-44-45-46-47-49-51-54-57-60-63-66-69-75(78)81-72-73(71-80-74(77)68-65-62-59-56-53-50-27-24-21-18-15-12-9-6-3)82-76(79)70-67-64-61-58-55-52-48-26-23-20-17-14-11-8-5-2/h7,10,16,19,24-28,30-31,33-34,36-37,39-40,48,73H,4-6,8-9,11-15,17-18,20-23,29,32,35,38,41-47,49-72H2,1-3H3/b10-7-,19-16-,27-24-,28-25-,31-30-,34-33-,37-36-,40-39-,48-26-. The summed E-state index contributed by atoms with van der Waals surface area (Å²) in [6.45, 7) is 6.52. The molecule has 0 aliphatic carbocycles. The Morgan fingerprint density at radius 2 is 0.476 bits per heavy atom. The smallest absolute Gasteiger partial charge is 0.306 e. The third-order valence-electron chi connectivity index (χ3n) is 15.0. The normalized spacial score (nSPS) is 12.8. The molecule has 470 valence electrons. The maximum Gasteiger partial charge on any atom is 0.306 e. The summed E-state index contributed by atoms with van der Waals surface area (Å²) in [5, 5.41) is 0. The number of rotatable bonds is 63. The molecule has 0 fully saturated rings. The van der Waals surface area contributed by atoms with E-state index in [4.69, 9.17) is 14.2 Å². The summed E-state index contributed by atoms with van der Waals surface area (Å²) in [5.74, 6) is -0.888. The minimum absolute atomic E-state index is 0.0822. The van der Waals surface area contributed by atoms with Crippen molar-refractivity contribution in [3.63, 3.8) is 0 Å². The monoisotopic (exact) mass is 1140 g/mol. The van der Waals surface area contributed by atoms with Crippen LogP contribution in [0.15, 0.2) is 109 Å². The molecular weight excluding hydrogens is 1010 g/mol. The highest BCUT2D eigenvalue weighted by Crippen LogP contribution is 2.16. The predicted molar refractivity (Wildman–Crippen MR) is 357 cm³/mol. The Hall–Kier alpha value is -3.93. The molecule has 0 saturated carbocycles. The molecule has 0 spiro atoms. The number of allylic oxidation sites excluding steroid dienone is 18. The highest BCUT2D eigenvalue weighted by atomic mass is 16.6. The largest absolute Gasteiger partial charge is 0.462 e. The van der Waals surface area contributed by atoms with Gasteiger partial charge in [0, 0.05) is 19.3 Å². The molecule has 0 amide bonds. The van der Waals surface area contributed by atoms with Gasteiger partial charge in [0.05, 0.1) is 0 Å². The maximum atomic E-state index is 12.9. The third kappa shape index (κ3) is 66.9. The van der Waals surface area contributed by atoms with E-state index in [-0.39, 0.29) is 31.1 Å². The quantitative estimate of drug-likeness (QED) is 0.0261. The molecule has 0 aliphatic heterocycles. The van der Waals surface area contributed by atoms with Crippen LogP contribution in [0, 0.1) is 0 Å². The Labute approximate surface area is 508 Å². The molecule has 6 nitrogen and oxygen atoms in total. The van der Waals surface area contributed by atoms with Gasteiger partial charge in [-0.15, -0.1) is 0 Å². The number of esters is 3. The summed E-state index contributed by atoms with van der Waals surface area (Å²) in [7, 11) is 0. The van der Waals surface area contributed by atoms with Crippen LogP contribution in [0.5, 0.6) is 0 Å². The molecule has 1 unspecified atom stereocenters. The lowest BCUT2D eigenvalue weighted by Gasteiger charge is -2.18. The van der Waals surface area contributed by atoms with Gasteiger partial charge in [-0.05, 0) is 128 Å². The highest BCUT2D eigenvalue weighted by Gasteiger charge is 2.19. The fourth-order valence-electron chi connectivity index (χ4n) is 9.77. The number of carbonyl (C=O) groups excluding carboxylic acids is 3. The van der Waals surface area contributed by atoms with Crippen LogP contribution in [0.2, 0.25) is 0 Å². The molecular formula is C76H130O6. The number of hydrogen-bond acceptors (Lipinski definition) is 6. The Morgan fingerprint density at radius 3 is 0.756 bits per heavy atom. The Kier molecular flexibility index (Phi) is 66.2. The van der Waals surface area contributed by atoms with E-state index in [9.17, 15) is 14.4 Å². The lowest BCUT2D eigenvalue weighted by Crippen LogP contribution is -2.30. The van der Waals surface area contributed by atoms with Crippen molar-refractivity contribution in [3.8, 4) is 0 Å². The van der Waals surface area contributed by atoms with Gasteiger partial charge in [0.15, 0.2) is 6.10 Å². The van der Waals surface area contributed by atoms with Crippen molar-refractivity contribution in [2.75, 3.05) is 13.2 Å². The number of carbonyl (C=O) groups is 3. The van der Waals surface area contributed by atoms with Crippen molar-refractivity contribution in [2.24, 2.45) is 0 Å². The van der Waals surface area contributed by atoms with Crippen molar-refractivity contribution >= 4 is 17.9 Å². The molecule has 0 bridgehead atoms. The lowest BCUT2D eigenvalue weighted by atomic mass is 10.0. The Balaban J connectivity index is 4.19. The molecule has 0 aromatic rings. The first-order valence-corrected chi connectivity index (χ1v) is 34.9. The van der Waals surface area contributed by atoms with Gasteiger partial charge < -0.3 is 14.2 Å². The second kappa shape index (κ2) is 69.6. The summed E-state index contributed by atoms with van der Waals surface area (Å²) < 4.78 is 16.9. The van der Waals surface area contributed by atoms with Crippen LogP contribution >= 0.6 is 0 Å². The minimum Gasteiger partial charge on any atom is -0.462 e. The average Bonchev–Trinajstić information content (AvgIpc) is 3.48. The second-order valence-corrected chi connectivity index (χ2v) is 23.1. The molecule has 6 heteroatoms. The summed E-state index contributed by atoms with van der Waals surface area (Å²) in [5.41, 5.74) is 0. The van der Waals surface area contributed by atoms with E-state index in [0.29, 0.717) is 19.3 Å². The van der Waals surface area contributed by atoms with Crippen LogP contribution in [-0.4, -0.2) is 37.2 Å². The van der Waals surface area contributed by atoms with Gasteiger partial charge in [0.25, 0.3) is 0 Å². The van der Waals surface area contributed by atoms with Gasteiger partial charge in [0.1, 0.15) is 13.2 Å². The van der Waals surface area contributed by atoms with Gasteiger partial charge in [-0.1, -0.05) is 297 Å². The van der Waals surface area contributed by atoms with E-state index in [1.165, 1.54) is 173 Å². The fraction of sp³-hybridized carbons (Fsp3) is 0.724. The zero-order valence-electron chi connectivity index (χ0n) is 54.0. The van der Waals surface area contributed by atoms with Gasteiger partial charge in [0.2, 0.25) is 0 Å². The zero-order chi connectivity index (χ0) is 59.2. The first-order valence-electron chi connectivity index (χ1n) is 34.9. The third-order valence-corrected chi connectivity index (χ3v) is 15.0. The maximum absolute atomic E-state index is 12.9. The molecule has 0 radical (unpaired) electrons. The van der Waals surface area contributed by atoms with Gasteiger partial charge in [-0.3, -0.25) is 14.4 Å². The van der Waals surface area contributed by atoms with Gasteiger partial charge >= 0.3 is 17.9 Å². The predicted octanol–water partition coefficient (Wildman–Crippen LogP) is 24.2. The van der Waals surface area contributed by atoms with E-state index in [1.807, 2.05) is 0 Å². The summed E-state index contributed by atoms with van der Waals surface area (Å²) in [6.07, 6.45) is 95.4. The summed E-state index contributed by atoms with van der Waals surface area (Å²) in [6, 6.07) is 0. The molecule has 0 aromatic heterocycles. The number of ether oxygens (including phenoxy) is 3. The van der Waals surface area contributed by atoms with Crippen molar-refractivity contribution in [3.05, 3.63) is 109 Å². The molecule has 0 saturated heterocycles. The Bertz CT molecular complexity index is 1640. The van der Waals surface area contributed by atoms with Crippen LogP contribution in [0.4, 0.5) is 0 Å². The highest BCUT2D eigenvalue weighted by molar-refractivity contribution is 5.71. The first kappa shape index (κ1) is 78.1. The first-order chi connectivity index (χ1) is 40.5. The van der Waals surface area contributed by atoms with Crippen LogP contribution in [0.3, 0.4) is 0 Å². The van der Waals surface area contributed by atoms with E-state index < -0.39 is 6.10 Å². The fourth-order valence-corrected chi connectivity index (χ4v) is 9.77. The van der Waals surface area contributed by atoms with Crippen LogP contribution < -0.4 is 0 Å². The minimum atomic E-state index is -0.786. The van der Waals surface area contributed by atoms with Crippen molar-refractivity contribution in [2.45, 2.75) is 341 Å². The molecule has 0 heterocycles. The lowest BCUT2D eigenvalue weighted by molar-refractivity contribution is -0.167. The molecule has 0 aromatic carbocycles. The average molecular weight is 1140 g/mol. The molecule has 0 N–H and O–H groups in total. The van der Waals surface area contributed by atoms with Crippen LogP contribution in [-0.2, 0) is 28.6 Å². The number of unbranched alkanes of at least 4 members (excludes halogenated alkanes) is 34. The number of hydrogen-bond donors (Lipinski definition) is 0. The zero-order valence-corrected chi connectivity index (χ0v) is 54.0. The van der Waals surface area contributed by atoms with Crippen LogP contribution in [0.1, 0.15) is 335 Å². The van der Waals surface area contributed by atoms with E-state index >= 15 is 0 Å². The molecule has 0 aliphatic rings. The second-order valence-electron chi connectivity index (χ2n) is 23.1. The van der Waals surface area contributed by atoms with Crippen molar-refractivity contribution < 1.29 is 28.6 Å². The topological polar surface area (TPSA) is 78.9 Å². The molecule has 1 atom stereocenters. The Morgan fingerprint density at radius 1 is 0.256 bits per heavy atom.